The average Bonchev–Trinajstić information content (AvgIpc) is 3.50. The lowest BCUT2D eigenvalue weighted by atomic mass is 9.97. The van der Waals surface area contributed by atoms with Gasteiger partial charge in [0, 0.05) is 23.3 Å². The van der Waals surface area contributed by atoms with Crippen LogP contribution in [0.15, 0.2) is 70.1 Å². The lowest BCUT2D eigenvalue weighted by molar-refractivity contribution is -0.136. The third-order valence-corrected chi connectivity index (χ3v) is 8.29. The number of thiazole rings is 1. The Morgan fingerprint density at radius 3 is 2.39 bits per heavy atom. The van der Waals surface area contributed by atoms with Gasteiger partial charge in [0.2, 0.25) is 0 Å². The van der Waals surface area contributed by atoms with Crippen LogP contribution in [0, 0.1) is 13.8 Å². The highest BCUT2D eigenvalue weighted by Gasteiger charge is 2.31. The van der Waals surface area contributed by atoms with Crippen molar-refractivity contribution in [3.63, 3.8) is 0 Å². The number of methoxy groups -OCH3 is 2. The van der Waals surface area contributed by atoms with Crippen molar-refractivity contribution in [2.24, 2.45) is 4.99 Å². The van der Waals surface area contributed by atoms with Crippen LogP contribution in [0.3, 0.4) is 0 Å². The topological polar surface area (TPSA) is 110 Å². The van der Waals surface area contributed by atoms with E-state index in [1.807, 2.05) is 56.5 Å². The number of rotatable bonds is 9. The van der Waals surface area contributed by atoms with Gasteiger partial charge in [-0.3, -0.25) is 9.36 Å². The molecule has 0 bridgehead atoms. The SMILES string of the molecule is CCOc1ccc([C@H]2C(C(=O)OC)=CN=c3s/c(=C\c4cc(C)n(-c5cccc(C(=O)OC)c5)c4C)c(=O)n32)cc1OCC. The Morgan fingerprint density at radius 2 is 1.68 bits per heavy atom. The second kappa shape index (κ2) is 12.8. The highest BCUT2D eigenvalue weighted by Crippen LogP contribution is 2.35. The number of fused-ring (bicyclic) bond motifs is 1. The molecule has 44 heavy (non-hydrogen) atoms. The molecule has 1 atom stereocenters. The largest absolute Gasteiger partial charge is 0.490 e. The van der Waals surface area contributed by atoms with Gasteiger partial charge < -0.3 is 23.5 Å². The molecule has 2 aromatic heterocycles. The van der Waals surface area contributed by atoms with E-state index in [4.69, 9.17) is 18.9 Å². The first-order valence-electron chi connectivity index (χ1n) is 14.1. The second-order valence-corrected chi connectivity index (χ2v) is 11.0. The zero-order valence-corrected chi connectivity index (χ0v) is 26.2. The van der Waals surface area contributed by atoms with E-state index in [1.54, 1.807) is 30.3 Å². The Hall–Kier alpha value is -4.90. The first kappa shape index (κ1) is 30.6. The first-order chi connectivity index (χ1) is 21.2. The third-order valence-electron chi connectivity index (χ3n) is 7.29. The number of nitrogens with zero attached hydrogens (tertiary/aromatic N) is 3. The van der Waals surface area contributed by atoms with Gasteiger partial charge >= 0.3 is 11.9 Å². The maximum atomic E-state index is 14.1. The molecule has 0 spiro atoms. The van der Waals surface area contributed by atoms with Gasteiger partial charge in [-0.25, -0.2) is 14.6 Å². The predicted octanol–water partition coefficient (Wildman–Crippen LogP) is 4.01. The Morgan fingerprint density at radius 1 is 0.955 bits per heavy atom. The fourth-order valence-corrected chi connectivity index (χ4v) is 6.31. The van der Waals surface area contributed by atoms with Crippen LogP contribution in [0.25, 0.3) is 11.8 Å². The van der Waals surface area contributed by atoms with Crippen molar-refractivity contribution < 1.29 is 28.5 Å². The van der Waals surface area contributed by atoms with E-state index in [0.717, 1.165) is 22.6 Å². The molecule has 1 aliphatic rings. The zero-order valence-electron chi connectivity index (χ0n) is 25.4. The van der Waals surface area contributed by atoms with Crippen molar-refractivity contribution >= 4 is 29.4 Å². The van der Waals surface area contributed by atoms with E-state index in [-0.39, 0.29) is 11.1 Å². The molecule has 5 rings (SSSR count). The molecule has 0 amide bonds. The summed E-state index contributed by atoms with van der Waals surface area (Å²) in [6, 6.07) is 13.7. The Bertz CT molecular complexity index is 1970. The van der Waals surface area contributed by atoms with Gasteiger partial charge in [-0.1, -0.05) is 23.5 Å². The van der Waals surface area contributed by atoms with Crippen LogP contribution in [-0.4, -0.2) is 48.5 Å². The van der Waals surface area contributed by atoms with Crippen LogP contribution in [-0.2, 0) is 14.3 Å². The number of carbonyl (C=O) groups is 2. The number of ether oxygens (including phenoxy) is 4. The van der Waals surface area contributed by atoms with Crippen LogP contribution in [0.5, 0.6) is 11.5 Å². The van der Waals surface area contributed by atoms with Crippen LogP contribution >= 0.6 is 11.3 Å². The zero-order chi connectivity index (χ0) is 31.5. The minimum atomic E-state index is -0.788. The van der Waals surface area contributed by atoms with Crippen molar-refractivity contribution in [3.05, 3.63) is 108 Å². The molecule has 3 heterocycles. The van der Waals surface area contributed by atoms with Crippen molar-refractivity contribution in [2.45, 2.75) is 33.7 Å². The molecule has 10 nitrogen and oxygen atoms in total. The van der Waals surface area contributed by atoms with Gasteiger partial charge in [-0.2, -0.15) is 0 Å². The number of hydrogen-bond acceptors (Lipinski definition) is 9. The fourth-order valence-electron chi connectivity index (χ4n) is 5.35. The summed E-state index contributed by atoms with van der Waals surface area (Å²) in [4.78, 5) is 44.0. The van der Waals surface area contributed by atoms with Crippen molar-refractivity contribution in [3.8, 4) is 17.2 Å². The van der Waals surface area contributed by atoms with Crippen molar-refractivity contribution in [1.29, 1.82) is 0 Å². The van der Waals surface area contributed by atoms with E-state index in [1.165, 1.54) is 36.3 Å². The molecule has 11 heteroatoms. The molecule has 0 N–H and O–H groups in total. The lowest BCUT2D eigenvalue weighted by Crippen LogP contribution is -2.39. The summed E-state index contributed by atoms with van der Waals surface area (Å²) < 4.78 is 25.5. The number of hydrogen-bond donors (Lipinski definition) is 0. The van der Waals surface area contributed by atoms with E-state index in [9.17, 15) is 14.4 Å². The molecule has 0 saturated carbocycles. The number of aromatic nitrogens is 2. The van der Waals surface area contributed by atoms with E-state index in [0.29, 0.717) is 45.2 Å². The van der Waals surface area contributed by atoms with E-state index in [2.05, 4.69) is 4.99 Å². The summed E-state index contributed by atoms with van der Waals surface area (Å²) in [5, 5.41) is 0. The molecule has 0 saturated heterocycles. The quantitative estimate of drug-likeness (QED) is 0.262. The minimum absolute atomic E-state index is 0.224. The predicted molar refractivity (Wildman–Crippen MR) is 167 cm³/mol. The van der Waals surface area contributed by atoms with Crippen molar-refractivity contribution in [2.75, 3.05) is 27.4 Å². The molecular formula is C33H33N3O7S. The number of esters is 2. The lowest BCUT2D eigenvalue weighted by Gasteiger charge is -2.23. The average molecular weight is 616 g/mol. The molecule has 0 radical (unpaired) electrons. The highest BCUT2D eigenvalue weighted by molar-refractivity contribution is 7.07. The van der Waals surface area contributed by atoms with Gasteiger partial charge in [-0.15, -0.1) is 0 Å². The molecule has 0 unspecified atom stereocenters. The smallest absolute Gasteiger partial charge is 0.337 e. The second-order valence-electron chi connectivity index (χ2n) is 9.95. The summed E-state index contributed by atoms with van der Waals surface area (Å²) in [7, 11) is 2.65. The molecule has 2 aromatic carbocycles. The molecule has 1 aliphatic heterocycles. The number of benzene rings is 2. The fraction of sp³-hybridized carbons (Fsp3) is 0.273. The summed E-state index contributed by atoms with van der Waals surface area (Å²) in [5.41, 5.74) is 4.46. The van der Waals surface area contributed by atoms with Crippen molar-refractivity contribution in [1.82, 2.24) is 9.13 Å². The van der Waals surface area contributed by atoms with E-state index < -0.39 is 18.0 Å². The normalized spacial score (nSPS) is 14.4. The summed E-state index contributed by atoms with van der Waals surface area (Å²) in [6.07, 6.45) is 3.29. The Balaban J connectivity index is 1.64. The Labute approximate surface area is 258 Å². The first-order valence-corrected chi connectivity index (χ1v) is 14.9. The van der Waals surface area contributed by atoms with Gasteiger partial charge in [-0.05, 0) is 81.3 Å². The molecule has 0 fully saturated rings. The molecule has 0 aliphatic carbocycles. The maximum Gasteiger partial charge on any atom is 0.337 e. The monoisotopic (exact) mass is 615 g/mol. The van der Waals surface area contributed by atoms with Gasteiger partial charge in [0.25, 0.3) is 5.56 Å². The van der Waals surface area contributed by atoms with Gasteiger partial charge in [0.15, 0.2) is 16.3 Å². The summed E-state index contributed by atoms with van der Waals surface area (Å²) in [6.45, 7) is 8.54. The van der Waals surface area contributed by atoms with Gasteiger partial charge in [0.1, 0.15) is 0 Å². The molecule has 228 valence electrons. The van der Waals surface area contributed by atoms with Crippen LogP contribution in [0.1, 0.15) is 52.8 Å². The van der Waals surface area contributed by atoms with Gasteiger partial charge in [0.05, 0.1) is 49.1 Å². The Kier molecular flexibility index (Phi) is 8.86. The van der Waals surface area contributed by atoms with Crippen LogP contribution in [0.2, 0.25) is 0 Å². The third kappa shape index (κ3) is 5.58. The summed E-state index contributed by atoms with van der Waals surface area (Å²) >= 11 is 1.24. The van der Waals surface area contributed by atoms with E-state index >= 15 is 0 Å². The van der Waals surface area contributed by atoms with Crippen LogP contribution in [0.4, 0.5) is 0 Å². The molecular weight excluding hydrogens is 582 g/mol. The highest BCUT2D eigenvalue weighted by atomic mass is 32.1. The maximum absolute atomic E-state index is 14.1. The number of aryl methyl sites for hydroxylation is 1. The number of carbonyl (C=O) groups excluding carboxylic acids is 2. The molecule has 4 aromatic rings. The summed E-state index contributed by atoms with van der Waals surface area (Å²) in [5.74, 6) is 0.0792. The minimum Gasteiger partial charge on any atom is -0.490 e. The standard InChI is InChI=1S/C33H33N3O7S/c1-7-42-26-13-12-21(16-27(26)43-8-2)29-25(32(39)41-6)18-34-33-36(29)30(37)28(44-33)17-23-14-19(3)35(20(23)4)24-11-9-10-22(15-24)31(38)40-5/h9-18,29H,7-8H2,1-6H3/b28-17-/t29-/m0/s1. The van der Waals surface area contributed by atoms with Crippen LogP contribution < -0.4 is 24.4 Å².